The second-order valence-electron chi connectivity index (χ2n) is 2.95. The van der Waals surface area contributed by atoms with E-state index in [0.29, 0.717) is 5.69 Å². The van der Waals surface area contributed by atoms with Crippen molar-refractivity contribution in [3.63, 3.8) is 0 Å². The van der Waals surface area contributed by atoms with Gasteiger partial charge < -0.3 is 10.7 Å². The number of rotatable bonds is 1. The second-order valence-corrected chi connectivity index (χ2v) is 2.95. The number of nitrogens with one attached hydrogen (secondary N) is 1. The molecule has 0 unspecified atom stereocenters. The van der Waals surface area contributed by atoms with Crippen molar-refractivity contribution in [2.45, 2.75) is 19.1 Å². The number of nitrogens with two attached hydrogens (primary N) is 1. The lowest BCUT2D eigenvalue weighted by atomic mass is 10.1. The summed E-state index contributed by atoms with van der Waals surface area (Å²) in [6.07, 6.45) is -4.59. The van der Waals surface area contributed by atoms with E-state index in [9.17, 15) is 18.0 Å². The summed E-state index contributed by atoms with van der Waals surface area (Å²) < 4.78 is 36.4. The fourth-order valence-electron chi connectivity index (χ4n) is 1.00. The van der Waals surface area contributed by atoms with Gasteiger partial charge in [-0.3, -0.25) is 4.79 Å². The lowest BCUT2D eigenvalue weighted by Gasteiger charge is -2.14. The average molecular weight is 206 g/mol. The molecule has 0 fully saturated rings. The molecule has 1 heterocycles. The third-order valence-electron chi connectivity index (χ3n) is 1.77. The van der Waals surface area contributed by atoms with Gasteiger partial charge in [-0.15, -0.1) is 0 Å². The molecule has 0 aliphatic rings. The zero-order valence-corrected chi connectivity index (χ0v) is 7.35. The van der Waals surface area contributed by atoms with Crippen molar-refractivity contribution in [1.82, 2.24) is 4.98 Å². The molecule has 0 aromatic carbocycles. The summed E-state index contributed by atoms with van der Waals surface area (Å²) in [5, 5.41) is 0. The van der Waals surface area contributed by atoms with Crippen LogP contribution in [0.15, 0.2) is 16.9 Å². The van der Waals surface area contributed by atoms with Gasteiger partial charge in [-0.25, -0.2) is 0 Å². The van der Waals surface area contributed by atoms with Gasteiger partial charge in [-0.05, 0) is 19.1 Å². The molecular formula is C8H9F3N2O. The third kappa shape index (κ3) is 2.14. The first-order valence-corrected chi connectivity index (χ1v) is 3.84. The van der Waals surface area contributed by atoms with Crippen LogP contribution in [0.4, 0.5) is 13.2 Å². The maximum Gasteiger partial charge on any atom is 0.407 e. The number of pyridine rings is 1. The maximum absolute atomic E-state index is 12.1. The summed E-state index contributed by atoms with van der Waals surface area (Å²) in [7, 11) is 0. The summed E-state index contributed by atoms with van der Waals surface area (Å²) >= 11 is 0. The molecule has 1 atom stereocenters. The van der Waals surface area contributed by atoms with Gasteiger partial charge in [0.25, 0.3) is 5.56 Å². The molecule has 1 rings (SSSR count). The fourth-order valence-corrected chi connectivity index (χ4v) is 1.00. The number of aromatic nitrogens is 1. The van der Waals surface area contributed by atoms with E-state index in [0.717, 1.165) is 6.07 Å². The Morgan fingerprint density at radius 2 is 2.00 bits per heavy atom. The SMILES string of the molecule is Cc1ccc([C@@H](N)C(F)(F)F)c(=O)[nH]1. The van der Waals surface area contributed by atoms with E-state index in [1.807, 2.05) is 0 Å². The Kier molecular flexibility index (Phi) is 2.66. The molecule has 3 N–H and O–H groups in total. The zero-order valence-electron chi connectivity index (χ0n) is 7.35. The van der Waals surface area contributed by atoms with Crippen LogP contribution >= 0.6 is 0 Å². The second kappa shape index (κ2) is 3.45. The van der Waals surface area contributed by atoms with Crippen LogP contribution in [0.2, 0.25) is 0 Å². The van der Waals surface area contributed by atoms with Crippen LogP contribution in [-0.2, 0) is 0 Å². The predicted molar refractivity (Wildman–Crippen MR) is 44.8 cm³/mol. The largest absolute Gasteiger partial charge is 0.407 e. The van der Waals surface area contributed by atoms with E-state index in [1.165, 1.54) is 6.07 Å². The number of hydrogen-bond donors (Lipinski definition) is 2. The summed E-state index contributed by atoms with van der Waals surface area (Å²) in [4.78, 5) is 13.3. The molecule has 0 radical (unpaired) electrons. The Bertz CT molecular complexity index is 383. The average Bonchev–Trinajstić information content (AvgIpc) is 2.01. The molecule has 78 valence electrons. The molecule has 6 heteroatoms. The number of halogens is 3. The first-order chi connectivity index (χ1) is 6.32. The van der Waals surface area contributed by atoms with Gasteiger partial charge in [0, 0.05) is 11.3 Å². The molecule has 1 aromatic heterocycles. The molecule has 0 amide bonds. The normalized spacial score (nSPS) is 14.1. The van der Waals surface area contributed by atoms with Crippen molar-refractivity contribution >= 4 is 0 Å². The summed E-state index contributed by atoms with van der Waals surface area (Å²) in [5.41, 5.74) is 4.11. The Morgan fingerprint density at radius 3 is 2.43 bits per heavy atom. The standard InChI is InChI=1S/C8H9F3N2O/c1-4-2-3-5(7(14)13-4)6(12)8(9,10)11/h2-3,6H,12H2,1H3,(H,13,14)/t6-/m1/s1. The third-order valence-corrected chi connectivity index (χ3v) is 1.77. The van der Waals surface area contributed by atoms with Crippen molar-refractivity contribution in [3.05, 3.63) is 33.7 Å². The van der Waals surface area contributed by atoms with Crippen molar-refractivity contribution in [1.29, 1.82) is 0 Å². The van der Waals surface area contributed by atoms with E-state index >= 15 is 0 Å². The topological polar surface area (TPSA) is 58.9 Å². The molecule has 3 nitrogen and oxygen atoms in total. The van der Waals surface area contributed by atoms with E-state index in [-0.39, 0.29) is 0 Å². The highest BCUT2D eigenvalue weighted by molar-refractivity contribution is 5.18. The molecule has 14 heavy (non-hydrogen) atoms. The molecule has 0 saturated carbocycles. The minimum Gasteiger partial charge on any atom is -0.326 e. The quantitative estimate of drug-likeness (QED) is 0.726. The number of H-pyrrole nitrogens is 1. The number of aryl methyl sites for hydroxylation is 1. The van der Waals surface area contributed by atoms with Crippen molar-refractivity contribution < 1.29 is 13.2 Å². The first kappa shape index (κ1) is 10.8. The van der Waals surface area contributed by atoms with Crippen molar-refractivity contribution in [2.24, 2.45) is 5.73 Å². The summed E-state index contributed by atoms with van der Waals surface area (Å²) in [5.74, 6) is 0. The molecule has 0 bridgehead atoms. The molecule has 0 spiro atoms. The van der Waals surface area contributed by atoms with Gasteiger partial charge in [0.1, 0.15) is 6.04 Å². The molecule has 0 aliphatic carbocycles. The van der Waals surface area contributed by atoms with Crippen molar-refractivity contribution in [3.8, 4) is 0 Å². The highest BCUT2D eigenvalue weighted by Crippen LogP contribution is 2.28. The van der Waals surface area contributed by atoms with Crippen LogP contribution in [0.1, 0.15) is 17.3 Å². The number of aromatic amines is 1. The molecule has 0 aliphatic heterocycles. The minimum absolute atomic E-state index is 0.469. The fraction of sp³-hybridized carbons (Fsp3) is 0.375. The van der Waals surface area contributed by atoms with Crippen molar-refractivity contribution in [2.75, 3.05) is 0 Å². The Labute approximate surface area is 77.7 Å². The van der Waals surface area contributed by atoms with Gasteiger partial charge >= 0.3 is 6.18 Å². The van der Waals surface area contributed by atoms with Gasteiger partial charge in [-0.2, -0.15) is 13.2 Å². The molecule has 0 saturated heterocycles. The van der Waals surface area contributed by atoms with Crippen LogP contribution in [0.3, 0.4) is 0 Å². The molecule has 1 aromatic rings. The highest BCUT2D eigenvalue weighted by Gasteiger charge is 2.39. The maximum atomic E-state index is 12.1. The van der Waals surface area contributed by atoms with Gasteiger partial charge in [0.2, 0.25) is 0 Å². The monoisotopic (exact) mass is 206 g/mol. The lowest BCUT2D eigenvalue weighted by Crippen LogP contribution is -2.33. The summed E-state index contributed by atoms with van der Waals surface area (Å²) in [6, 6.07) is 0.237. The zero-order chi connectivity index (χ0) is 10.9. The van der Waals surface area contributed by atoms with Crippen LogP contribution in [0.25, 0.3) is 0 Å². The van der Waals surface area contributed by atoms with E-state index in [2.05, 4.69) is 4.98 Å². The number of hydrogen-bond acceptors (Lipinski definition) is 2. The van der Waals surface area contributed by atoms with Crippen LogP contribution < -0.4 is 11.3 Å². The van der Waals surface area contributed by atoms with Crippen LogP contribution in [0, 0.1) is 6.92 Å². The first-order valence-electron chi connectivity index (χ1n) is 3.84. The van der Waals surface area contributed by atoms with Gasteiger partial charge in [-0.1, -0.05) is 0 Å². The Hall–Kier alpha value is -1.30. The Balaban J connectivity index is 3.15. The highest BCUT2D eigenvalue weighted by atomic mass is 19.4. The predicted octanol–water partition coefficient (Wildman–Crippen LogP) is 1.25. The van der Waals surface area contributed by atoms with Crippen LogP contribution in [0.5, 0.6) is 0 Å². The van der Waals surface area contributed by atoms with Gasteiger partial charge in [0.15, 0.2) is 0 Å². The van der Waals surface area contributed by atoms with Gasteiger partial charge in [0.05, 0.1) is 0 Å². The van der Waals surface area contributed by atoms with Crippen LogP contribution in [-0.4, -0.2) is 11.2 Å². The van der Waals surface area contributed by atoms with E-state index in [1.54, 1.807) is 6.92 Å². The Morgan fingerprint density at radius 1 is 1.43 bits per heavy atom. The molecular weight excluding hydrogens is 197 g/mol. The smallest absolute Gasteiger partial charge is 0.326 e. The summed E-state index contributed by atoms with van der Waals surface area (Å²) in [6.45, 7) is 1.57. The lowest BCUT2D eigenvalue weighted by molar-refractivity contribution is -0.149. The van der Waals surface area contributed by atoms with E-state index < -0.39 is 23.3 Å². The minimum atomic E-state index is -4.59. The van der Waals surface area contributed by atoms with E-state index in [4.69, 9.17) is 5.73 Å². The number of alkyl halides is 3.